The van der Waals surface area contributed by atoms with E-state index in [9.17, 15) is 4.79 Å². The van der Waals surface area contributed by atoms with Crippen molar-refractivity contribution in [2.24, 2.45) is 0 Å². The van der Waals surface area contributed by atoms with Gasteiger partial charge in [0.05, 0.1) is 0 Å². The minimum absolute atomic E-state index is 0.118. The molecule has 1 aliphatic heterocycles. The van der Waals surface area contributed by atoms with Crippen molar-refractivity contribution in [3.8, 4) is 0 Å². The second-order valence-electron chi connectivity index (χ2n) is 2.51. The summed E-state index contributed by atoms with van der Waals surface area (Å²) < 4.78 is 0. The van der Waals surface area contributed by atoms with Gasteiger partial charge in [-0.15, -0.1) is 0 Å². The van der Waals surface area contributed by atoms with E-state index in [2.05, 4.69) is 17.1 Å². The second-order valence-corrected chi connectivity index (χ2v) is 2.51. The Bertz CT molecular complexity index is 119. The summed E-state index contributed by atoms with van der Waals surface area (Å²) in [5, 5.41) is 5.80. The molecule has 0 saturated carbocycles. The summed E-state index contributed by atoms with van der Waals surface area (Å²) in [5.41, 5.74) is 0. The molecule has 0 spiro atoms. The SMILES string of the molecule is CNC(=O)CC1C[CH]CN1. The zero-order valence-corrected chi connectivity index (χ0v) is 6.18. The Balaban J connectivity index is 2.17. The van der Waals surface area contributed by atoms with Gasteiger partial charge in [-0.2, -0.15) is 0 Å². The Morgan fingerprint density at radius 1 is 1.90 bits per heavy atom. The predicted octanol–water partition coefficient (Wildman–Crippen LogP) is -0.311. The van der Waals surface area contributed by atoms with Gasteiger partial charge in [0, 0.05) is 19.5 Å². The predicted molar refractivity (Wildman–Crippen MR) is 39.4 cm³/mol. The number of carbonyl (C=O) groups excluding carboxylic acids is 1. The van der Waals surface area contributed by atoms with Gasteiger partial charge in [-0.3, -0.25) is 4.79 Å². The topological polar surface area (TPSA) is 41.1 Å². The minimum atomic E-state index is 0.118. The lowest BCUT2D eigenvalue weighted by atomic mass is 10.1. The van der Waals surface area contributed by atoms with Gasteiger partial charge in [0.1, 0.15) is 0 Å². The van der Waals surface area contributed by atoms with E-state index in [1.165, 1.54) is 0 Å². The number of amides is 1. The normalized spacial score (nSPS) is 24.7. The molecule has 1 aliphatic rings. The number of hydrogen-bond acceptors (Lipinski definition) is 2. The van der Waals surface area contributed by atoms with Crippen molar-refractivity contribution in [3.63, 3.8) is 0 Å². The van der Waals surface area contributed by atoms with Gasteiger partial charge < -0.3 is 10.6 Å². The molecule has 0 aromatic carbocycles. The maximum absolute atomic E-state index is 10.8. The highest BCUT2D eigenvalue weighted by Crippen LogP contribution is 2.06. The van der Waals surface area contributed by atoms with Crippen LogP contribution in [0.2, 0.25) is 0 Å². The zero-order valence-electron chi connectivity index (χ0n) is 6.18. The monoisotopic (exact) mass is 141 g/mol. The summed E-state index contributed by atoms with van der Waals surface area (Å²) in [6.45, 7) is 0.946. The molecule has 1 unspecified atom stereocenters. The highest BCUT2D eigenvalue weighted by Gasteiger charge is 2.16. The van der Waals surface area contributed by atoms with Crippen LogP contribution in [-0.2, 0) is 4.79 Å². The zero-order chi connectivity index (χ0) is 7.40. The standard InChI is InChI=1S/C7H13N2O/c1-8-7(10)5-6-3-2-4-9-6/h2,6,9H,3-5H2,1H3,(H,8,10). The third-order valence-electron chi connectivity index (χ3n) is 1.71. The third-order valence-corrected chi connectivity index (χ3v) is 1.71. The Morgan fingerprint density at radius 2 is 2.70 bits per heavy atom. The molecule has 10 heavy (non-hydrogen) atoms. The van der Waals surface area contributed by atoms with Crippen LogP contribution in [0.25, 0.3) is 0 Å². The van der Waals surface area contributed by atoms with Crippen molar-refractivity contribution >= 4 is 5.91 Å². The van der Waals surface area contributed by atoms with Crippen LogP contribution in [0.1, 0.15) is 12.8 Å². The molecule has 1 saturated heterocycles. The second kappa shape index (κ2) is 3.56. The first kappa shape index (κ1) is 7.54. The maximum Gasteiger partial charge on any atom is 0.221 e. The quantitative estimate of drug-likeness (QED) is 0.554. The fourth-order valence-corrected chi connectivity index (χ4v) is 1.10. The van der Waals surface area contributed by atoms with Crippen LogP contribution in [-0.4, -0.2) is 25.5 Å². The van der Waals surface area contributed by atoms with Crippen molar-refractivity contribution in [2.45, 2.75) is 18.9 Å². The van der Waals surface area contributed by atoms with Crippen LogP contribution in [0.4, 0.5) is 0 Å². The van der Waals surface area contributed by atoms with E-state index in [4.69, 9.17) is 0 Å². The van der Waals surface area contributed by atoms with E-state index in [1.54, 1.807) is 7.05 Å². The van der Waals surface area contributed by atoms with Gasteiger partial charge in [0.15, 0.2) is 0 Å². The van der Waals surface area contributed by atoms with E-state index in [0.717, 1.165) is 13.0 Å². The molecule has 1 heterocycles. The van der Waals surface area contributed by atoms with Crippen molar-refractivity contribution in [1.82, 2.24) is 10.6 Å². The van der Waals surface area contributed by atoms with Gasteiger partial charge >= 0.3 is 0 Å². The lowest BCUT2D eigenvalue weighted by Gasteiger charge is -2.07. The molecular formula is C7H13N2O. The average Bonchev–Trinajstić information content (AvgIpc) is 2.40. The van der Waals surface area contributed by atoms with E-state index in [-0.39, 0.29) is 5.91 Å². The van der Waals surface area contributed by atoms with Gasteiger partial charge in [0.2, 0.25) is 5.91 Å². The van der Waals surface area contributed by atoms with Crippen LogP contribution in [0, 0.1) is 6.42 Å². The number of rotatable bonds is 2. The van der Waals surface area contributed by atoms with E-state index in [1.807, 2.05) is 0 Å². The summed E-state index contributed by atoms with van der Waals surface area (Å²) in [4.78, 5) is 10.8. The summed E-state index contributed by atoms with van der Waals surface area (Å²) in [6.07, 6.45) is 3.79. The van der Waals surface area contributed by atoms with Crippen molar-refractivity contribution in [2.75, 3.05) is 13.6 Å². The van der Waals surface area contributed by atoms with Gasteiger partial charge in [0.25, 0.3) is 0 Å². The molecule has 1 rings (SSSR count). The Kier molecular flexibility index (Phi) is 2.68. The lowest BCUT2D eigenvalue weighted by Crippen LogP contribution is -2.29. The van der Waals surface area contributed by atoms with Gasteiger partial charge in [-0.05, 0) is 19.4 Å². The maximum atomic E-state index is 10.8. The molecule has 3 heteroatoms. The Labute approximate surface area is 61.2 Å². The van der Waals surface area contributed by atoms with Crippen LogP contribution >= 0.6 is 0 Å². The number of carbonyl (C=O) groups is 1. The summed E-state index contributed by atoms with van der Waals surface area (Å²) in [5.74, 6) is 0.118. The molecule has 1 atom stereocenters. The smallest absolute Gasteiger partial charge is 0.221 e. The highest BCUT2D eigenvalue weighted by molar-refractivity contribution is 5.76. The van der Waals surface area contributed by atoms with E-state index < -0.39 is 0 Å². The van der Waals surface area contributed by atoms with Gasteiger partial charge in [-0.1, -0.05) is 0 Å². The summed E-state index contributed by atoms with van der Waals surface area (Å²) in [7, 11) is 1.67. The number of nitrogens with one attached hydrogen (secondary N) is 2. The van der Waals surface area contributed by atoms with Crippen molar-refractivity contribution in [1.29, 1.82) is 0 Å². The largest absolute Gasteiger partial charge is 0.359 e. The average molecular weight is 141 g/mol. The summed E-state index contributed by atoms with van der Waals surface area (Å²) >= 11 is 0. The molecule has 1 amide bonds. The van der Waals surface area contributed by atoms with Crippen LogP contribution < -0.4 is 10.6 Å². The van der Waals surface area contributed by atoms with Crippen molar-refractivity contribution in [3.05, 3.63) is 6.42 Å². The molecular weight excluding hydrogens is 128 g/mol. The molecule has 1 radical (unpaired) electrons. The minimum Gasteiger partial charge on any atom is -0.359 e. The third kappa shape index (κ3) is 1.99. The van der Waals surface area contributed by atoms with Crippen molar-refractivity contribution < 1.29 is 4.79 Å². The molecule has 0 bridgehead atoms. The van der Waals surface area contributed by atoms with E-state index >= 15 is 0 Å². The molecule has 1 fully saturated rings. The lowest BCUT2D eigenvalue weighted by molar-refractivity contribution is -0.121. The first-order valence-corrected chi connectivity index (χ1v) is 3.58. The number of hydrogen-bond donors (Lipinski definition) is 2. The Morgan fingerprint density at radius 3 is 3.20 bits per heavy atom. The van der Waals surface area contributed by atoms with Gasteiger partial charge in [-0.25, -0.2) is 0 Å². The fraction of sp³-hybridized carbons (Fsp3) is 0.714. The van der Waals surface area contributed by atoms with E-state index in [0.29, 0.717) is 12.5 Å². The molecule has 0 aliphatic carbocycles. The first-order chi connectivity index (χ1) is 4.83. The first-order valence-electron chi connectivity index (χ1n) is 3.58. The molecule has 3 nitrogen and oxygen atoms in total. The molecule has 2 N–H and O–H groups in total. The molecule has 0 aromatic heterocycles. The van der Waals surface area contributed by atoms with Crippen LogP contribution in [0.15, 0.2) is 0 Å². The van der Waals surface area contributed by atoms with Crippen LogP contribution in [0.5, 0.6) is 0 Å². The summed E-state index contributed by atoms with van der Waals surface area (Å²) in [6, 6.07) is 0.375. The Hall–Kier alpha value is -0.570. The highest BCUT2D eigenvalue weighted by atomic mass is 16.1. The molecule has 57 valence electrons. The fourth-order valence-electron chi connectivity index (χ4n) is 1.10. The molecule has 0 aromatic rings. The van der Waals surface area contributed by atoms with Crippen LogP contribution in [0.3, 0.4) is 0 Å².